The van der Waals surface area contributed by atoms with Crippen molar-refractivity contribution in [3.8, 4) is 11.9 Å². The fourth-order valence-electron chi connectivity index (χ4n) is 9.41. The fourth-order valence-corrected chi connectivity index (χ4v) is 13.5. The largest absolute Gasteiger partial charge is 1.00 e. The number of carbonyl (C=O) groups excluding carboxylic acids is 6. The Morgan fingerprint density at radius 3 is 2.09 bits per heavy atom. The van der Waals surface area contributed by atoms with E-state index in [-0.39, 0.29) is 107 Å². The van der Waals surface area contributed by atoms with Gasteiger partial charge in [-0.15, -0.1) is 0 Å². The molecule has 27 nitrogen and oxygen atoms in total. The van der Waals surface area contributed by atoms with Gasteiger partial charge in [0.1, 0.15) is 29.5 Å². The number of hydrazone groups is 1. The number of aromatic hydroxyl groups is 1. The number of nitrogens with zero attached hydrogens (tertiary/aromatic N) is 9. The monoisotopic (exact) mass is 1590 g/mol. The number of carbonyl (C=O) groups is 6. The second-order valence-corrected chi connectivity index (χ2v) is 28.5. The molecule has 2 aliphatic rings. The predicted molar refractivity (Wildman–Crippen MR) is 365 cm³/mol. The van der Waals surface area contributed by atoms with E-state index in [9.17, 15) is 69.0 Å². The number of benzene rings is 3. The van der Waals surface area contributed by atoms with Crippen molar-refractivity contribution >= 4 is 136 Å². The average Bonchev–Trinajstić information content (AvgIpc) is 1.58. The molecular formula is C61H73Cl2F3IN10NaO17S3. The molecule has 3 unspecified atom stereocenters. The van der Waals surface area contributed by atoms with Gasteiger partial charge in [0.05, 0.1) is 76.0 Å². The van der Waals surface area contributed by atoms with Gasteiger partial charge in [-0.25, -0.2) is 45.9 Å². The minimum Gasteiger partial charge on any atom is -0.511 e. The van der Waals surface area contributed by atoms with Crippen LogP contribution in [0, 0.1) is 23.3 Å². The molecule has 98 heavy (non-hydrogen) atoms. The fraction of sp³-hybridized carbons (Fsp3) is 0.443. The predicted octanol–water partition coefficient (Wildman–Crippen LogP) is 8.91. The number of halogens is 6. The van der Waals surface area contributed by atoms with Crippen LogP contribution in [0.5, 0.6) is 11.9 Å². The summed E-state index contributed by atoms with van der Waals surface area (Å²) in [6.45, 7) is 17.1. The molecule has 3 aromatic carbocycles. The average molecular weight is 1590 g/mol. The molecule has 1 aliphatic carbocycles. The number of oxime groups is 1. The van der Waals surface area contributed by atoms with E-state index in [1.54, 1.807) is 39.0 Å². The van der Waals surface area contributed by atoms with Crippen molar-refractivity contribution < 1.29 is 122 Å². The van der Waals surface area contributed by atoms with Crippen LogP contribution in [0.1, 0.15) is 130 Å². The van der Waals surface area contributed by atoms with Crippen molar-refractivity contribution in [2.24, 2.45) is 23.2 Å². The number of hydrogen-bond donors (Lipinski definition) is 3. The van der Waals surface area contributed by atoms with E-state index in [1.165, 1.54) is 51.2 Å². The number of ether oxygens (including phenoxy) is 4. The first kappa shape index (κ1) is 85.6. The molecule has 1 aliphatic heterocycles. The van der Waals surface area contributed by atoms with Gasteiger partial charge in [0.2, 0.25) is 21.7 Å². The van der Waals surface area contributed by atoms with E-state index >= 15 is 0 Å². The number of hydrogen-bond acceptors (Lipinski definition) is 25. The summed E-state index contributed by atoms with van der Waals surface area (Å²) in [5.41, 5.74) is -1.63. The summed E-state index contributed by atoms with van der Waals surface area (Å²) < 4.78 is 111. The Morgan fingerprint density at radius 1 is 0.898 bits per heavy atom. The Hall–Kier alpha value is -6.67. The molecule has 0 saturated carbocycles. The molecule has 0 spiro atoms. The van der Waals surface area contributed by atoms with Crippen LogP contribution in [-0.2, 0) is 66.5 Å². The van der Waals surface area contributed by atoms with Crippen LogP contribution in [-0.4, -0.2) is 156 Å². The Labute approximate surface area is 615 Å². The van der Waals surface area contributed by atoms with Crippen LogP contribution in [0.3, 0.4) is 0 Å². The zero-order chi connectivity index (χ0) is 73.1. The first-order valence-electron chi connectivity index (χ1n) is 29.4. The number of sulfone groups is 1. The number of thioether (sulfide) groups is 1. The Balaban J connectivity index is 0.000000340. The molecule has 0 bridgehead atoms. The van der Waals surface area contributed by atoms with Crippen LogP contribution in [0.25, 0.3) is 4.72 Å². The Kier molecular flexibility index (Phi) is 33.4. The molecule has 0 saturated heterocycles. The van der Waals surface area contributed by atoms with Crippen molar-refractivity contribution in [3.63, 3.8) is 0 Å². The molecule has 0 fully saturated rings. The number of aliphatic hydroxyl groups excluding tert-OH is 1. The van der Waals surface area contributed by atoms with E-state index < -0.39 is 88.1 Å². The van der Waals surface area contributed by atoms with Crippen molar-refractivity contribution in [2.75, 3.05) is 56.4 Å². The minimum atomic E-state index is -4.76. The van der Waals surface area contributed by atoms with E-state index in [4.69, 9.17) is 42.3 Å². The summed E-state index contributed by atoms with van der Waals surface area (Å²) >= 11 is 15.9. The number of amides is 2. The summed E-state index contributed by atoms with van der Waals surface area (Å²) in [5.74, 6) is -1.85. The quantitative estimate of drug-likeness (QED) is 0.0111. The molecule has 0 radical (unpaired) electrons. The molecular weight excluding hydrogens is 1520 g/mol. The van der Waals surface area contributed by atoms with Crippen molar-refractivity contribution in [3.05, 3.63) is 118 Å². The number of rotatable bonds is 22. The van der Waals surface area contributed by atoms with Gasteiger partial charge >= 0.3 is 59.7 Å². The Bertz CT molecular complexity index is 4080. The third-order valence-electron chi connectivity index (χ3n) is 13.6. The smallest absolute Gasteiger partial charge is 0.511 e. The molecule has 7 rings (SSSR count). The van der Waals surface area contributed by atoms with E-state index in [0.29, 0.717) is 80.1 Å². The standard InChI is InChI=1S/C17H29NO3S.C16H18Cl2N2O4.C14H13F3N2O4S.C14H14IN5O6S.Na/c1-5-8-14(18-21-6-2)17-15(19)10-13(11-16(17)20)9-12(4)22-7-3;1-4-23-14(21)12-9-16(3,15(22)24-5-2)20(19-12)13-7-6-10(17)8-11(13)18;1-7-11(13(21)19(2)18-7)12(20)9-5-4-8(14(15,16)17)6-10(9)24(3,22)23;1-7-16-12(19-14(17-7)26-3)18-13(22)20-27(23,24)10-6-8(15)4-5-9(10)11(21)25-2;/h12-13,19H,5-11H2,1-4H3;6-8H,4-5,9H2,1-3H3;4-6,21H,1-3H3;4-6H,1-3H3,(H2,16,17,18,19,20,22);/q;;;;+1/p-1/b18-14+;;;;. The number of anilines is 2. The number of aromatic nitrogens is 5. The van der Waals surface area contributed by atoms with Crippen LogP contribution in [0.2, 0.25) is 10.0 Å². The summed E-state index contributed by atoms with van der Waals surface area (Å²) in [4.78, 5) is 88.7. The summed E-state index contributed by atoms with van der Waals surface area (Å²) in [6, 6.07) is 9.30. The Morgan fingerprint density at radius 2 is 1.55 bits per heavy atom. The first-order chi connectivity index (χ1) is 45.3. The van der Waals surface area contributed by atoms with E-state index in [0.717, 1.165) is 36.5 Å². The van der Waals surface area contributed by atoms with Crippen LogP contribution >= 0.6 is 57.6 Å². The van der Waals surface area contributed by atoms with Gasteiger partial charge in [-0.05, 0) is 143 Å². The maximum atomic E-state index is 12.8. The summed E-state index contributed by atoms with van der Waals surface area (Å²) in [7, 11) is -4.83. The topological polar surface area (TPSA) is 368 Å². The van der Waals surface area contributed by atoms with Crippen LogP contribution < -0.4 is 44.6 Å². The molecule has 530 valence electrons. The van der Waals surface area contributed by atoms with E-state index in [1.807, 2.05) is 48.2 Å². The van der Waals surface area contributed by atoms with Crippen molar-refractivity contribution in [1.82, 2.24) is 24.7 Å². The molecule has 2 amide bonds. The number of ketones is 2. The molecule has 3 heterocycles. The van der Waals surface area contributed by atoms with E-state index in [2.05, 4.69) is 58.9 Å². The second kappa shape index (κ2) is 38.2. The van der Waals surface area contributed by atoms with Gasteiger partial charge < -0.3 is 44.0 Å². The normalized spacial score (nSPS) is 15.6. The minimum absolute atomic E-state index is 0. The van der Waals surface area contributed by atoms with Crippen LogP contribution in [0.4, 0.5) is 29.6 Å². The number of urea groups is 1. The summed E-state index contributed by atoms with van der Waals surface area (Å²) in [6.07, 6.45) is -0.436. The zero-order valence-electron chi connectivity index (χ0n) is 56.0. The third-order valence-corrected chi connectivity index (χ3v) is 18.4. The van der Waals surface area contributed by atoms with Gasteiger partial charge in [-0.2, -0.15) is 45.1 Å². The second-order valence-electron chi connectivity index (χ2n) is 21.1. The van der Waals surface area contributed by atoms with Gasteiger partial charge in [-0.3, -0.25) is 14.4 Å². The van der Waals surface area contributed by atoms with Crippen molar-refractivity contribution in [2.45, 2.75) is 128 Å². The maximum absolute atomic E-state index is 12.8. The number of allylic oxidation sites excluding steroid dienone is 2. The number of methoxy groups -OCH3 is 2. The van der Waals surface area contributed by atoms with Crippen molar-refractivity contribution in [1.29, 1.82) is 0 Å². The molecule has 37 heteroatoms. The molecule has 3 N–H and O–H groups in total. The number of sulfonamides is 1. The number of esters is 3. The van der Waals surface area contributed by atoms with Gasteiger partial charge in [-0.1, -0.05) is 55.5 Å². The maximum Gasteiger partial charge on any atom is 1.00 e. The number of aliphatic hydroxyl groups is 1. The zero-order valence-corrected chi connectivity index (χ0v) is 64.1. The number of alkyl halides is 3. The first-order valence-corrected chi connectivity index (χ1v) is 35.6. The van der Waals surface area contributed by atoms with Gasteiger partial charge in [0.25, 0.3) is 0 Å². The van der Waals surface area contributed by atoms with Gasteiger partial charge in [0.15, 0.2) is 33.1 Å². The molecule has 2 aromatic heterocycles. The SMILES string of the molecule is CCC/C(=N\OCC)C1=C(O)CC(CC(C)SCC)CC1=O.CCOC(=O)C1=NN(c2ccc(Cl)cc2Cl)C(C)(C(=O)OCC)C1.COC(=O)c1ccc(I)cc1S(=O)(=O)[N-]C(=O)Nc1nc(C)nc(OC)n1.Cc1nn(C)c(O)c1C(=O)c1ccc(C(F)(F)F)cc1S(C)(=O)=O.[Na+]. The third kappa shape index (κ3) is 23.5. The number of Topliss-reactive ketones (excluding diaryl/α,β-unsaturated/α-hetero) is 1. The van der Waals surface area contributed by atoms with Gasteiger partial charge in [0, 0.05) is 52.0 Å². The van der Waals surface area contributed by atoms with Crippen LogP contribution in [0.15, 0.2) is 86.0 Å². The number of nitrogens with one attached hydrogen (secondary N) is 1. The number of aryl methyl sites for hydroxylation is 3. The summed E-state index contributed by atoms with van der Waals surface area (Å²) in [5, 5.41) is 37.2. The molecule has 5 aromatic rings. The molecule has 3 atom stereocenters.